The van der Waals surface area contributed by atoms with Crippen LogP contribution in [-0.2, 0) is 38.4 Å². The molecule has 3 atom stereocenters. The van der Waals surface area contributed by atoms with E-state index in [9.17, 15) is 19.2 Å². The number of hydrogen-bond donors (Lipinski definition) is 4. The number of hydrogen-bond acceptors (Lipinski definition) is 9. The van der Waals surface area contributed by atoms with E-state index in [-0.39, 0.29) is 48.8 Å². The largest absolute Gasteiger partial charge is 0.457 e. The highest BCUT2D eigenvalue weighted by Gasteiger charge is 2.34. The first-order valence-electron chi connectivity index (χ1n) is 11.7. The fourth-order valence-corrected chi connectivity index (χ4v) is 4.72. The Bertz CT molecular complexity index is 1290. The number of amides is 3. The second-order valence-electron chi connectivity index (χ2n) is 8.74. The van der Waals surface area contributed by atoms with E-state index in [4.69, 9.17) is 15.2 Å². The number of nitrogens with two attached hydrogens (primary N) is 1. The minimum atomic E-state index is -1.58. The van der Waals surface area contributed by atoms with Crippen molar-refractivity contribution in [1.29, 1.82) is 0 Å². The summed E-state index contributed by atoms with van der Waals surface area (Å²) in [5.74, 6) is 0.357. The van der Waals surface area contributed by atoms with Crippen LogP contribution in [0, 0.1) is 0 Å². The molecular formula is C26H29Cl2N5O6S. The van der Waals surface area contributed by atoms with Gasteiger partial charge in [-0.15, -0.1) is 24.8 Å². The lowest BCUT2D eigenvalue weighted by molar-refractivity contribution is -0.142. The molecule has 3 unspecified atom stereocenters. The van der Waals surface area contributed by atoms with Crippen LogP contribution in [0.5, 0.6) is 11.5 Å². The molecule has 2 heterocycles. The molecule has 2 aromatic carbocycles. The molecule has 0 bridgehead atoms. The number of benzene rings is 2. The molecule has 0 aliphatic carbocycles. The Kier molecular flexibility index (Phi) is 12.1. The fraction of sp³-hybridized carbons (Fsp3) is 0.269. The van der Waals surface area contributed by atoms with Crippen molar-refractivity contribution in [2.24, 2.45) is 5.73 Å². The zero-order chi connectivity index (χ0) is 27.1. The maximum Gasteiger partial charge on any atom is 0.286 e. The lowest BCUT2D eigenvalue weighted by Gasteiger charge is -2.29. The van der Waals surface area contributed by atoms with Crippen molar-refractivity contribution < 1.29 is 28.7 Å². The van der Waals surface area contributed by atoms with E-state index in [2.05, 4.69) is 20.6 Å². The van der Waals surface area contributed by atoms with E-state index in [1.54, 1.807) is 42.6 Å². The summed E-state index contributed by atoms with van der Waals surface area (Å²) in [6.45, 7) is 0. The average Bonchev–Trinajstić information content (AvgIpc) is 3.54. The maximum atomic E-state index is 12.6. The summed E-state index contributed by atoms with van der Waals surface area (Å²) >= 11 is 0.994. The number of aromatic nitrogens is 2. The first-order chi connectivity index (χ1) is 18.3. The smallest absolute Gasteiger partial charge is 0.286 e. The van der Waals surface area contributed by atoms with Crippen LogP contribution < -0.4 is 21.1 Å². The van der Waals surface area contributed by atoms with Gasteiger partial charge in [0.15, 0.2) is 6.29 Å². The Morgan fingerprint density at radius 3 is 2.25 bits per heavy atom. The molecule has 1 aliphatic rings. The molecule has 3 amide bonds. The summed E-state index contributed by atoms with van der Waals surface area (Å²) in [7, 11) is 1.34. The third-order valence-corrected chi connectivity index (χ3v) is 6.94. The molecule has 14 heteroatoms. The highest BCUT2D eigenvalue weighted by Crippen LogP contribution is 2.26. The van der Waals surface area contributed by atoms with Gasteiger partial charge in [0.05, 0.1) is 17.6 Å². The van der Waals surface area contributed by atoms with Crippen LogP contribution in [0.4, 0.5) is 4.79 Å². The number of imide groups is 1. The Morgan fingerprint density at radius 2 is 1.75 bits per heavy atom. The van der Waals surface area contributed by atoms with Gasteiger partial charge in [0.1, 0.15) is 11.5 Å². The standard InChI is InChI=1S/C26H27N5O6S.2ClH/c1-36-26(14-32,31-23(33)21(27)11-18-13-28-15-29-18)12-17-4-8-20(9-5-17)37-19-6-2-16(3-7-19)10-22-24(34)30-25(35)38-22;;/h2-9,13-15,21-22H,10-12,27H2,1H3,(H,28,29)(H,31,33)(H,30,34,35);2*1H. The van der Waals surface area contributed by atoms with Crippen molar-refractivity contribution in [1.82, 2.24) is 20.6 Å². The zero-order valence-corrected chi connectivity index (χ0v) is 23.8. The predicted molar refractivity (Wildman–Crippen MR) is 154 cm³/mol. The Labute approximate surface area is 247 Å². The number of nitrogens with zero attached hydrogens (tertiary/aromatic N) is 1. The number of H-pyrrole nitrogens is 1. The monoisotopic (exact) mass is 609 g/mol. The van der Waals surface area contributed by atoms with Crippen LogP contribution in [-0.4, -0.2) is 57.4 Å². The lowest BCUT2D eigenvalue weighted by atomic mass is 10.0. The van der Waals surface area contributed by atoms with Gasteiger partial charge in [-0.2, -0.15) is 0 Å². The number of aldehydes is 1. The van der Waals surface area contributed by atoms with E-state index >= 15 is 0 Å². The van der Waals surface area contributed by atoms with Crippen LogP contribution in [0.25, 0.3) is 0 Å². The van der Waals surface area contributed by atoms with E-state index in [0.717, 1.165) is 22.9 Å². The quantitative estimate of drug-likeness (QED) is 0.178. The molecule has 4 rings (SSSR count). The van der Waals surface area contributed by atoms with E-state index < -0.39 is 22.9 Å². The van der Waals surface area contributed by atoms with Gasteiger partial charge in [0.25, 0.3) is 5.24 Å². The highest BCUT2D eigenvalue weighted by atomic mass is 35.5. The van der Waals surface area contributed by atoms with Gasteiger partial charge in [-0.25, -0.2) is 4.98 Å². The van der Waals surface area contributed by atoms with Crippen LogP contribution in [0.15, 0.2) is 61.1 Å². The molecule has 1 saturated heterocycles. The van der Waals surface area contributed by atoms with Crippen LogP contribution in [0.2, 0.25) is 0 Å². The van der Waals surface area contributed by atoms with E-state index in [1.807, 2.05) is 12.1 Å². The van der Waals surface area contributed by atoms with E-state index in [1.165, 1.54) is 13.4 Å². The van der Waals surface area contributed by atoms with Crippen LogP contribution in [0.1, 0.15) is 16.8 Å². The third kappa shape index (κ3) is 8.54. The first kappa shape index (κ1) is 32.8. The number of halogens is 2. The van der Waals surface area contributed by atoms with Crippen LogP contribution >= 0.6 is 36.6 Å². The summed E-state index contributed by atoms with van der Waals surface area (Å²) in [6, 6.07) is 13.4. The summed E-state index contributed by atoms with van der Waals surface area (Å²) in [5, 5.41) is 4.15. The molecule has 11 nitrogen and oxygen atoms in total. The summed E-state index contributed by atoms with van der Waals surface area (Å²) in [4.78, 5) is 54.5. The minimum Gasteiger partial charge on any atom is -0.457 e. The van der Waals surface area contributed by atoms with Gasteiger partial charge < -0.3 is 25.5 Å². The predicted octanol–water partition coefficient (Wildman–Crippen LogP) is 2.71. The Hall–Kier alpha value is -3.42. The van der Waals surface area contributed by atoms with Crippen LogP contribution in [0.3, 0.4) is 0 Å². The van der Waals surface area contributed by atoms with Gasteiger partial charge in [-0.05, 0) is 41.8 Å². The molecule has 0 saturated carbocycles. The number of thioether (sulfide) groups is 1. The molecule has 1 aromatic heterocycles. The number of ether oxygens (including phenoxy) is 2. The average molecular weight is 611 g/mol. The van der Waals surface area contributed by atoms with Crippen molar-refractivity contribution in [2.45, 2.75) is 36.3 Å². The summed E-state index contributed by atoms with van der Waals surface area (Å²) < 4.78 is 11.3. The topological polar surface area (TPSA) is 165 Å². The number of carbonyl (C=O) groups excluding carboxylic acids is 4. The van der Waals surface area contributed by atoms with Crippen molar-refractivity contribution in [2.75, 3.05) is 7.11 Å². The number of imidazole rings is 1. The number of nitrogens with one attached hydrogen (secondary N) is 3. The summed E-state index contributed by atoms with van der Waals surface area (Å²) in [5.41, 5.74) is 6.74. The van der Waals surface area contributed by atoms with E-state index in [0.29, 0.717) is 29.9 Å². The van der Waals surface area contributed by atoms with Gasteiger partial charge in [-0.3, -0.25) is 24.5 Å². The molecule has 214 valence electrons. The molecule has 0 spiro atoms. The highest BCUT2D eigenvalue weighted by molar-refractivity contribution is 8.15. The van der Waals surface area contributed by atoms with Gasteiger partial charge in [0.2, 0.25) is 17.5 Å². The second-order valence-corrected chi connectivity index (χ2v) is 9.92. The normalized spacial score (nSPS) is 16.5. The number of rotatable bonds is 12. The van der Waals surface area contributed by atoms with Crippen molar-refractivity contribution >= 4 is 59.9 Å². The summed E-state index contributed by atoms with van der Waals surface area (Å²) in [6.07, 6.45) is 4.37. The molecule has 1 fully saturated rings. The van der Waals surface area contributed by atoms with Gasteiger partial charge in [-0.1, -0.05) is 36.0 Å². The number of carbonyl (C=O) groups is 4. The van der Waals surface area contributed by atoms with Crippen molar-refractivity contribution in [3.8, 4) is 11.5 Å². The number of methoxy groups -OCH3 is 1. The molecule has 1 aliphatic heterocycles. The van der Waals surface area contributed by atoms with Crippen molar-refractivity contribution in [3.05, 3.63) is 77.9 Å². The zero-order valence-electron chi connectivity index (χ0n) is 21.3. The van der Waals surface area contributed by atoms with Gasteiger partial charge in [0, 0.05) is 31.8 Å². The SMILES string of the molecule is COC(C=O)(Cc1ccc(Oc2ccc(CC3SC(=O)NC3=O)cc2)cc1)NC(=O)C(N)Cc1cnc[nH]1.Cl.Cl. The Balaban J connectivity index is 0.00000280. The lowest BCUT2D eigenvalue weighted by Crippen LogP contribution is -2.57. The first-order valence-corrected chi connectivity index (χ1v) is 12.6. The van der Waals surface area contributed by atoms with Gasteiger partial charge >= 0.3 is 0 Å². The Morgan fingerprint density at radius 1 is 1.12 bits per heavy atom. The molecule has 40 heavy (non-hydrogen) atoms. The maximum absolute atomic E-state index is 12.6. The molecule has 0 radical (unpaired) electrons. The second kappa shape index (κ2) is 14.8. The fourth-order valence-electron chi connectivity index (χ4n) is 3.86. The number of aromatic amines is 1. The van der Waals surface area contributed by atoms with Crippen molar-refractivity contribution in [3.63, 3.8) is 0 Å². The minimum absolute atomic E-state index is 0. The molecular weight excluding hydrogens is 581 g/mol. The molecule has 3 aromatic rings. The third-order valence-electron chi connectivity index (χ3n) is 5.96. The molecule has 5 N–H and O–H groups in total.